The largest absolute Gasteiger partial charge is 0.497 e. The molecule has 3 aromatic rings. The van der Waals surface area contributed by atoms with Gasteiger partial charge in [-0.25, -0.2) is 8.42 Å². The number of ketones is 1. The average molecular weight is 445 g/mol. The van der Waals surface area contributed by atoms with E-state index < -0.39 is 10.0 Å². The lowest BCUT2D eigenvalue weighted by Gasteiger charge is -2.06. The van der Waals surface area contributed by atoms with Crippen LogP contribution in [0.15, 0.2) is 65.7 Å². The number of benzene rings is 2. The predicted molar refractivity (Wildman–Crippen MR) is 117 cm³/mol. The second kappa shape index (κ2) is 9.51. The van der Waals surface area contributed by atoms with Crippen molar-refractivity contribution in [2.24, 2.45) is 0 Å². The number of hydrogen-bond donors (Lipinski definition) is 2. The third kappa shape index (κ3) is 5.43. The Bertz CT molecular complexity index is 1160. The molecule has 0 aliphatic heterocycles. The number of anilines is 2. The van der Waals surface area contributed by atoms with Crippen molar-refractivity contribution in [1.29, 1.82) is 0 Å². The van der Waals surface area contributed by atoms with Crippen molar-refractivity contribution in [2.45, 2.75) is 18.2 Å². The Morgan fingerprint density at radius 3 is 2.60 bits per heavy atom. The number of carbonyl (C=O) groups excluding carboxylic acids is 1. The van der Waals surface area contributed by atoms with Gasteiger partial charge in [0, 0.05) is 23.5 Å². The van der Waals surface area contributed by atoms with Crippen LogP contribution in [0.2, 0.25) is 0 Å². The molecule has 156 valence electrons. The first-order valence-corrected chi connectivity index (χ1v) is 11.3. The smallest absolute Gasteiger partial charge is 0.263 e. The zero-order valence-corrected chi connectivity index (χ0v) is 18.0. The Kier molecular flexibility index (Phi) is 6.80. The fourth-order valence-corrected chi connectivity index (χ4v) is 4.34. The quantitative estimate of drug-likeness (QED) is 0.382. The molecular weight excluding hydrogens is 424 g/mol. The summed E-state index contributed by atoms with van der Waals surface area (Å²) in [6, 6.07) is 13.0. The van der Waals surface area contributed by atoms with Crippen molar-refractivity contribution in [2.75, 3.05) is 17.1 Å². The van der Waals surface area contributed by atoms with Crippen LogP contribution in [-0.4, -0.2) is 31.5 Å². The number of rotatable bonds is 9. The van der Waals surface area contributed by atoms with Crippen molar-refractivity contribution in [3.05, 3.63) is 71.4 Å². The van der Waals surface area contributed by atoms with Crippen molar-refractivity contribution in [1.82, 2.24) is 10.2 Å². The van der Waals surface area contributed by atoms with Gasteiger partial charge in [0.1, 0.15) is 10.8 Å². The van der Waals surface area contributed by atoms with Gasteiger partial charge in [-0.1, -0.05) is 30.4 Å². The number of nitrogens with zero attached hydrogens (tertiary/aromatic N) is 2. The number of methoxy groups -OCH3 is 1. The summed E-state index contributed by atoms with van der Waals surface area (Å²) in [5.74, 6) is 0.417. The highest BCUT2D eigenvalue weighted by molar-refractivity contribution is 7.93. The maximum atomic E-state index is 12.5. The number of nitrogens with one attached hydrogen (secondary N) is 2. The number of sulfonamides is 1. The van der Waals surface area contributed by atoms with E-state index in [0.29, 0.717) is 23.4 Å². The molecule has 2 N–H and O–H groups in total. The van der Waals surface area contributed by atoms with Gasteiger partial charge in [-0.05, 0) is 42.8 Å². The van der Waals surface area contributed by atoms with E-state index in [-0.39, 0.29) is 15.8 Å². The van der Waals surface area contributed by atoms with Gasteiger partial charge in [-0.15, -0.1) is 10.2 Å². The second-order valence-electron chi connectivity index (χ2n) is 6.06. The van der Waals surface area contributed by atoms with E-state index in [9.17, 15) is 13.2 Å². The number of aromatic nitrogens is 2. The molecule has 0 saturated carbocycles. The number of allylic oxidation sites excluding steroid dienone is 1. The molecule has 10 heteroatoms. The number of aryl methyl sites for hydroxylation is 1. The van der Waals surface area contributed by atoms with Gasteiger partial charge in [0.15, 0.2) is 5.78 Å². The van der Waals surface area contributed by atoms with E-state index in [4.69, 9.17) is 4.74 Å². The molecule has 0 amide bonds. The Hall–Kier alpha value is -3.24. The molecule has 1 heterocycles. The molecule has 0 saturated heterocycles. The minimum atomic E-state index is -3.76. The lowest BCUT2D eigenvalue weighted by molar-refractivity contribution is 0.104. The first-order valence-electron chi connectivity index (χ1n) is 8.98. The first kappa shape index (κ1) is 21.5. The molecule has 1 aromatic heterocycles. The molecule has 0 unspecified atom stereocenters. The van der Waals surface area contributed by atoms with Gasteiger partial charge in [0.2, 0.25) is 5.13 Å². The van der Waals surface area contributed by atoms with E-state index in [1.54, 1.807) is 36.4 Å². The summed E-state index contributed by atoms with van der Waals surface area (Å²) in [4.78, 5) is 12.3. The zero-order valence-electron chi connectivity index (χ0n) is 16.3. The summed E-state index contributed by atoms with van der Waals surface area (Å²) in [6.45, 7) is 1.92. The Morgan fingerprint density at radius 2 is 1.93 bits per heavy atom. The standard InChI is InChI=1S/C20H20N4O4S2/c1-3-19-22-23-20(29-19)24-30(26,27)17-9-7-15(8-10-17)21-12-11-18(25)14-5-4-6-16(13-14)28-2/h4-13,21H,3H2,1-2H3,(H,23,24)/b12-11+. The molecule has 8 nitrogen and oxygen atoms in total. The lowest BCUT2D eigenvalue weighted by Crippen LogP contribution is -2.12. The highest BCUT2D eigenvalue weighted by atomic mass is 32.2. The Balaban J connectivity index is 1.62. The molecular formula is C20H20N4O4S2. The van der Waals surface area contributed by atoms with Crippen LogP contribution in [0, 0.1) is 0 Å². The highest BCUT2D eigenvalue weighted by Gasteiger charge is 2.16. The summed E-state index contributed by atoms with van der Waals surface area (Å²) in [5, 5.41) is 11.6. The summed E-state index contributed by atoms with van der Waals surface area (Å²) < 4.78 is 32.5. The van der Waals surface area contributed by atoms with Crippen molar-refractivity contribution in [3.8, 4) is 5.75 Å². The van der Waals surface area contributed by atoms with Crippen LogP contribution in [0.1, 0.15) is 22.3 Å². The first-order chi connectivity index (χ1) is 14.4. The van der Waals surface area contributed by atoms with Crippen LogP contribution >= 0.6 is 11.3 Å². The fourth-order valence-electron chi connectivity index (χ4n) is 2.43. The third-order valence-corrected chi connectivity index (χ3v) is 6.46. The number of ether oxygens (including phenoxy) is 1. The number of carbonyl (C=O) groups is 1. The normalized spacial score (nSPS) is 11.4. The SMILES string of the molecule is CCc1nnc(NS(=O)(=O)c2ccc(N/C=C/C(=O)c3cccc(OC)c3)cc2)s1. The van der Waals surface area contributed by atoms with Gasteiger partial charge in [-0.3, -0.25) is 9.52 Å². The molecule has 3 rings (SSSR count). The van der Waals surface area contributed by atoms with Crippen LogP contribution in [0.25, 0.3) is 0 Å². The molecule has 0 aliphatic rings. The van der Waals surface area contributed by atoms with E-state index >= 15 is 0 Å². The minimum absolute atomic E-state index is 0.0951. The minimum Gasteiger partial charge on any atom is -0.497 e. The van der Waals surface area contributed by atoms with Gasteiger partial charge in [0.05, 0.1) is 12.0 Å². The summed E-state index contributed by atoms with van der Waals surface area (Å²) >= 11 is 1.20. The molecule has 0 radical (unpaired) electrons. The molecule has 0 aliphatic carbocycles. The maximum Gasteiger partial charge on any atom is 0.263 e. The predicted octanol–water partition coefficient (Wildman–Crippen LogP) is 3.72. The van der Waals surface area contributed by atoms with Gasteiger partial charge >= 0.3 is 0 Å². The molecule has 30 heavy (non-hydrogen) atoms. The Morgan fingerprint density at radius 1 is 1.17 bits per heavy atom. The summed E-state index contributed by atoms with van der Waals surface area (Å²) in [6.07, 6.45) is 3.58. The second-order valence-corrected chi connectivity index (χ2v) is 8.80. The van der Waals surface area contributed by atoms with Crippen molar-refractivity contribution < 1.29 is 17.9 Å². The van der Waals surface area contributed by atoms with Gasteiger partial charge in [-0.2, -0.15) is 0 Å². The summed E-state index contributed by atoms with van der Waals surface area (Å²) in [7, 11) is -2.22. The summed E-state index contributed by atoms with van der Waals surface area (Å²) in [5.41, 5.74) is 1.13. The Labute approximate surface area is 178 Å². The topological polar surface area (TPSA) is 110 Å². The van der Waals surface area contributed by atoms with Crippen molar-refractivity contribution in [3.63, 3.8) is 0 Å². The molecule has 0 atom stereocenters. The number of hydrogen-bond acceptors (Lipinski definition) is 8. The monoisotopic (exact) mass is 444 g/mol. The van der Waals surface area contributed by atoms with Crippen LogP contribution in [-0.2, 0) is 16.4 Å². The zero-order chi connectivity index (χ0) is 21.6. The fraction of sp³-hybridized carbons (Fsp3) is 0.150. The molecule has 2 aromatic carbocycles. The maximum absolute atomic E-state index is 12.5. The lowest BCUT2D eigenvalue weighted by atomic mass is 10.1. The van der Waals surface area contributed by atoms with Crippen LogP contribution in [0.3, 0.4) is 0 Å². The third-order valence-electron chi connectivity index (χ3n) is 3.99. The average Bonchev–Trinajstić information content (AvgIpc) is 3.21. The van der Waals surface area contributed by atoms with Gasteiger partial charge < -0.3 is 10.1 Å². The molecule has 0 bridgehead atoms. The van der Waals surface area contributed by atoms with E-state index in [1.165, 1.54) is 42.9 Å². The van der Waals surface area contributed by atoms with E-state index in [2.05, 4.69) is 20.2 Å². The van der Waals surface area contributed by atoms with E-state index in [1.807, 2.05) is 6.92 Å². The van der Waals surface area contributed by atoms with Crippen LogP contribution in [0.4, 0.5) is 10.8 Å². The molecule has 0 fully saturated rings. The van der Waals surface area contributed by atoms with Crippen LogP contribution in [0.5, 0.6) is 5.75 Å². The molecule has 0 spiro atoms. The highest BCUT2D eigenvalue weighted by Crippen LogP contribution is 2.21. The van der Waals surface area contributed by atoms with Gasteiger partial charge in [0.25, 0.3) is 10.0 Å². The van der Waals surface area contributed by atoms with E-state index in [0.717, 1.165) is 5.01 Å². The van der Waals surface area contributed by atoms with Crippen LogP contribution < -0.4 is 14.8 Å². The van der Waals surface area contributed by atoms with Crippen molar-refractivity contribution >= 4 is 38.0 Å².